The molecule has 24 heavy (non-hydrogen) atoms. The molecule has 1 aliphatic carbocycles. The first-order chi connectivity index (χ1) is 11.9. The Labute approximate surface area is 139 Å². The molecule has 2 aromatic carbocycles. The summed E-state index contributed by atoms with van der Waals surface area (Å²) in [6, 6.07) is 17.4. The summed E-state index contributed by atoms with van der Waals surface area (Å²) in [5.41, 5.74) is 7.74. The number of nitrogens with one attached hydrogen (secondary N) is 2. The Morgan fingerprint density at radius 1 is 0.708 bits per heavy atom. The molecule has 0 aliphatic heterocycles. The van der Waals surface area contributed by atoms with Gasteiger partial charge in [0.25, 0.3) is 0 Å². The predicted molar refractivity (Wildman–Crippen MR) is 92.7 cm³/mol. The van der Waals surface area contributed by atoms with E-state index in [-0.39, 0.29) is 11.8 Å². The highest BCUT2D eigenvalue weighted by Crippen LogP contribution is 2.52. The van der Waals surface area contributed by atoms with Gasteiger partial charge in [-0.15, -0.1) is 0 Å². The van der Waals surface area contributed by atoms with Crippen LogP contribution in [0.5, 0.6) is 0 Å². The summed E-state index contributed by atoms with van der Waals surface area (Å²) in [4.78, 5) is 0. The lowest BCUT2D eigenvalue weighted by Gasteiger charge is -2.24. The molecule has 0 radical (unpaired) electrons. The van der Waals surface area contributed by atoms with E-state index in [0.29, 0.717) is 0 Å². The minimum Gasteiger partial charge on any atom is -0.285 e. The molecule has 4 aromatic rings. The van der Waals surface area contributed by atoms with Crippen LogP contribution in [0.1, 0.15) is 34.1 Å². The first-order valence-electron chi connectivity index (χ1n) is 8.09. The zero-order valence-corrected chi connectivity index (χ0v) is 13.0. The fourth-order valence-electron chi connectivity index (χ4n) is 3.99. The van der Waals surface area contributed by atoms with E-state index in [1.54, 1.807) is 0 Å². The number of benzene rings is 2. The van der Waals surface area contributed by atoms with E-state index >= 15 is 0 Å². The van der Waals surface area contributed by atoms with Gasteiger partial charge in [-0.25, -0.2) is 0 Å². The second-order valence-electron chi connectivity index (χ2n) is 6.19. The average Bonchev–Trinajstić information content (AvgIpc) is 3.37. The molecule has 0 unspecified atom stereocenters. The molecule has 0 saturated carbocycles. The van der Waals surface area contributed by atoms with Crippen LogP contribution in [0.4, 0.5) is 0 Å². The van der Waals surface area contributed by atoms with Gasteiger partial charge in [0.2, 0.25) is 0 Å². The van der Waals surface area contributed by atoms with Crippen LogP contribution in [0.25, 0.3) is 11.1 Å². The highest BCUT2D eigenvalue weighted by Gasteiger charge is 2.36. The van der Waals surface area contributed by atoms with Gasteiger partial charge < -0.3 is 0 Å². The van der Waals surface area contributed by atoms with Crippen molar-refractivity contribution in [2.45, 2.75) is 11.8 Å². The number of hydrogen-bond acceptors (Lipinski definition) is 2. The maximum Gasteiger partial charge on any atom is 0.0525 e. The minimum absolute atomic E-state index is 0.173. The third-order valence-electron chi connectivity index (χ3n) is 4.97. The summed E-state index contributed by atoms with van der Waals surface area (Å²) in [6.07, 6.45) is 7.81. The number of rotatable bonds is 3. The molecule has 2 heterocycles. The number of nitrogens with zero attached hydrogens (tertiary/aromatic N) is 2. The maximum atomic E-state index is 4.18. The summed E-state index contributed by atoms with van der Waals surface area (Å²) < 4.78 is 0. The molecular weight excluding hydrogens is 296 g/mol. The lowest BCUT2D eigenvalue weighted by molar-refractivity contribution is 0.709. The fraction of sp³-hybridized carbons (Fsp3) is 0.100. The van der Waals surface area contributed by atoms with E-state index in [1.807, 2.05) is 24.8 Å². The van der Waals surface area contributed by atoms with Crippen LogP contribution in [0.3, 0.4) is 0 Å². The second-order valence-corrected chi connectivity index (χ2v) is 6.19. The summed E-state index contributed by atoms with van der Waals surface area (Å²) in [5.74, 6) is 0.430. The van der Waals surface area contributed by atoms with E-state index < -0.39 is 0 Å². The predicted octanol–water partition coefficient (Wildman–Crippen LogP) is 4.08. The van der Waals surface area contributed by atoms with Crippen LogP contribution >= 0.6 is 0 Å². The van der Waals surface area contributed by atoms with Crippen molar-refractivity contribution >= 4 is 0 Å². The van der Waals surface area contributed by atoms with Gasteiger partial charge in [-0.3, -0.25) is 10.2 Å². The monoisotopic (exact) mass is 312 g/mol. The van der Waals surface area contributed by atoms with Gasteiger partial charge in [-0.1, -0.05) is 48.5 Å². The van der Waals surface area contributed by atoms with Crippen molar-refractivity contribution in [3.8, 4) is 11.1 Å². The number of aromatic nitrogens is 4. The third-order valence-corrected chi connectivity index (χ3v) is 4.97. The number of hydrogen-bond donors (Lipinski definition) is 2. The molecule has 0 fully saturated rings. The van der Waals surface area contributed by atoms with E-state index in [0.717, 1.165) is 0 Å². The Morgan fingerprint density at radius 3 is 1.67 bits per heavy atom. The molecule has 116 valence electrons. The van der Waals surface area contributed by atoms with Crippen molar-refractivity contribution in [3.63, 3.8) is 0 Å². The Balaban J connectivity index is 1.77. The van der Waals surface area contributed by atoms with Crippen LogP contribution in [0.2, 0.25) is 0 Å². The van der Waals surface area contributed by atoms with E-state index in [4.69, 9.17) is 0 Å². The van der Waals surface area contributed by atoms with Gasteiger partial charge in [0, 0.05) is 24.2 Å². The highest BCUT2D eigenvalue weighted by molar-refractivity contribution is 5.79. The van der Waals surface area contributed by atoms with Gasteiger partial charge in [-0.05, 0) is 33.4 Å². The summed E-state index contributed by atoms with van der Waals surface area (Å²) in [6.45, 7) is 0. The average molecular weight is 312 g/mol. The van der Waals surface area contributed by atoms with E-state index in [1.165, 1.54) is 33.4 Å². The SMILES string of the molecule is c1ccc2c(c1)-c1ccccc1C2C(c1cn[nH]c1)c1cn[nH]c1. The van der Waals surface area contributed by atoms with Crippen molar-refractivity contribution in [2.24, 2.45) is 0 Å². The van der Waals surface area contributed by atoms with Gasteiger partial charge in [0.15, 0.2) is 0 Å². The molecule has 0 bridgehead atoms. The summed E-state index contributed by atoms with van der Waals surface area (Å²) >= 11 is 0. The zero-order chi connectivity index (χ0) is 15.9. The van der Waals surface area contributed by atoms with Crippen LogP contribution < -0.4 is 0 Å². The van der Waals surface area contributed by atoms with Gasteiger partial charge >= 0.3 is 0 Å². The quantitative estimate of drug-likeness (QED) is 0.599. The molecular formula is C20H16N4. The van der Waals surface area contributed by atoms with Crippen molar-refractivity contribution in [3.05, 3.63) is 95.6 Å². The molecule has 4 heteroatoms. The molecule has 4 nitrogen and oxygen atoms in total. The second kappa shape index (κ2) is 5.20. The number of aromatic amines is 2. The first-order valence-corrected chi connectivity index (χ1v) is 8.09. The largest absolute Gasteiger partial charge is 0.285 e. The van der Waals surface area contributed by atoms with Crippen LogP contribution in [0.15, 0.2) is 73.3 Å². The fourth-order valence-corrected chi connectivity index (χ4v) is 3.99. The first kappa shape index (κ1) is 13.3. The molecule has 2 N–H and O–H groups in total. The molecule has 0 amide bonds. The molecule has 5 rings (SSSR count). The molecule has 0 atom stereocenters. The normalized spacial score (nSPS) is 13.2. The Kier molecular flexibility index (Phi) is 2.88. The lowest BCUT2D eigenvalue weighted by Crippen LogP contribution is -2.11. The van der Waals surface area contributed by atoms with Crippen molar-refractivity contribution in [2.75, 3.05) is 0 Å². The molecule has 0 spiro atoms. The number of H-pyrrole nitrogens is 2. The summed E-state index contributed by atoms with van der Waals surface area (Å²) in [5, 5.41) is 14.3. The lowest BCUT2D eigenvalue weighted by atomic mass is 9.78. The van der Waals surface area contributed by atoms with Crippen LogP contribution in [-0.2, 0) is 0 Å². The summed E-state index contributed by atoms with van der Waals surface area (Å²) in [7, 11) is 0. The molecule has 1 aliphatic rings. The van der Waals surface area contributed by atoms with Crippen LogP contribution in [0, 0.1) is 0 Å². The molecule has 0 saturated heterocycles. The standard InChI is InChI=1S/C20H16N4/c1-3-7-17-15(5-1)16-6-2-4-8-18(16)20(17)19(13-9-21-22-10-13)14-11-23-24-12-14/h1-12,19-20H,(H,21,22)(H,23,24). The maximum absolute atomic E-state index is 4.18. The topological polar surface area (TPSA) is 57.4 Å². The van der Waals surface area contributed by atoms with E-state index in [9.17, 15) is 0 Å². The van der Waals surface area contributed by atoms with Crippen molar-refractivity contribution in [1.29, 1.82) is 0 Å². The van der Waals surface area contributed by atoms with Gasteiger partial charge in [0.1, 0.15) is 0 Å². The Hall–Kier alpha value is -3.14. The number of fused-ring (bicyclic) bond motifs is 3. The van der Waals surface area contributed by atoms with Crippen molar-refractivity contribution in [1.82, 2.24) is 20.4 Å². The highest BCUT2D eigenvalue weighted by atomic mass is 15.1. The minimum atomic E-state index is 0.173. The Bertz CT molecular complexity index is 891. The van der Waals surface area contributed by atoms with Crippen LogP contribution in [-0.4, -0.2) is 20.4 Å². The smallest absolute Gasteiger partial charge is 0.0525 e. The Morgan fingerprint density at radius 2 is 1.21 bits per heavy atom. The van der Waals surface area contributed by atoms with E-state index in [2.05, 4.69) is 68.9 Å². The third kappa shape index (κ3) is 1.86. The zero-order valence-electron chi connectivity index (χ0n) is 13.0. The van der Waals surface area contributed by atoms with Gasteiger partial charge in [0.05, 0.1) is 12.4 Å². The van der Waals surface area contributed by atoms with Gasteiger partial charge in [-0.2, -0.15) is 10.2 Å². The van der Waals surface area contributed by atoms with Crippen molar-refractivity contribution < 1.29 is 0 Å². The molecule has 2 aromatic heterocycles.